The summed E-state index contributed by atoms with van der Waals surface area (Å²) in [7, 11) is 0. The first-order valence-corrected chi connectivity index (χ1v) is 7.57. The molecule has 2 saturated heterocycles. The Balaban J connectivity index is 1.71. The minimum Gasteiger partial charge on any atom is -0.373 e. The standard InChI is InChI=1S/C16H22N2O2/c1-2-13-10-16(20-11-13)7-5-9-18(12-16)15(19)14-6-3-4-8-17-14/h3-4,6,8,13H,2,5,7,9-12H2,1H3. The number of rotatable bonds is 2. The lowest BCUT2D eigenvalue weighted by molar-refractivity contribution is -0.0450. The third kappa shape index (κ3) is 2.57. The number of likely N-dealkylation sites (tertiary alicyclic amines) is 1. The van der Waals surface area contributed by atoms with Crippen LogP contribution in [0.3, 0.4) is 0 Å². The van der Waals surface area contributed by atoms with Crippen LogP contribution >= 0.6 is 0 Å². The molecule has 108 valence electrons. The van der Waals surface area contributed by atoms with Crippen LogP contribution in [-0.4, -0.2) is 41.1 Å². The Morgan fingerprint density at radius 2 is 2.45 bits per heavy atom. The summed E-state index contributed by atoms with van der Waals surface area (Å²) >= 11 is 0. The Kier molecular flexibility index (Phi) is 3.74. The van der Waals surface area contributed by atoms with Gasteiger partial charge in [0.15, 0.2) is 0 Å². The van der Waals surface area contributed by atoms with E-state index in [1.165, 1.54) is 0 Å². The molecule has 20 heavy (non-hydrogen) atoms. The monoisotopic (exact) mass is 274 g/mol. The maximum atomic E-state index is 12.5. The number of hydrogen-bond donors (Lipinski definition) is 0. The van der Waals surface area contributed by atoms with Crippen molar-refractivity contribution in [3.63, 3.8) is 0 Å². The van der Waals surface area contributed by atoms with E-state index in [2.05, 4.69) is 11.9 Å². The predicted molar refractivity (Wildman–Crippen MR) is 76.5 cm³/mol. The molecule has 2 aliphatic rings. The summed E-state index contributed by atoms with van der Waals surface area (Å²) in [5.41, 5.74) is 0.443. The molecule has 0 bridgehead atoms. The summed E-state index contributed by atoms with van der Waals surface area (Å²) in [4.78, 5) is 18.6. The van der Waals surface area contributed by atoms with Gasteiger partial charge in [-0.15, -0.1) is 0 Å². The molecule has 1 aromatic rings. The first-order chi connectivity index (χ1) is 9.72. The molecule has 2 atom stereocenters. The van der Waals surface area contributed by atoms with E-state index in [-0.39, 0.29) is 11.5 Å². The van der Waals surface area contributed by atoms with Gasteiger partial charge in [-0.05, 0) is 37.3 Å². The van der Waals surface area contributed by atoms with Gasteiger partial charge in [0.1, 0.15) is 5.69 Å². The van der Waals surface area contributed by atoms with Crippen molar-refractivity contribution >= 4 is 5.91 Å². The number of aromatic nitrogens is 1. The second-order valence-electron chi connectivity index (χ2n) is 6.02. The number of piperidine rings is 1. The van der Waals surface area contributed by atoms with Gasteiger partial charge >= 0.3 is 0 Å². The lowest BCUT2D eigenvalue weighted by Crippen LogP contribution is -2.50. The molecule has 0 aliphatic carbocycles. The molecule has 3 rings (SSSR count). The minimum absolute atomic E-state index is 0.0354. The second kappa shape index (κ2) is 5.52. The highest BCUT2D eigenvalue weighted by molar-refractivity contribution is 5.92. The molecule has 2 aliphatic heterocycles. The third-order valence-corrected chi connectivity index (χ3v) is 4.57. The summed E-state index contributed by atoms with van der Waals surface area (Å²) in [5.74, 6) is 0.688. The average molecular weight is 274 g/mol. The van der Waals surface area contributed by atoms with E-state index in [0.717, 1.165) is 45.4 Å². The fraction of sp³-hybridized carbons (Fsp3) is 0.625. The molecule has 0 N–H and O–H groups in total. The van der Waals surface area contributed by atoms with Gasteiger partial charge in [-0.2, -0.15) is 0 Å². The van der Waals surface area contributed by atoms with Crippen LogP contribution in [0, 0.1) is 5.92 Å². The molecule has 1 amide bonds. The Morgan fingerprint density at radius 3 is 3.15 bits per heavy atom. The van der Waals surface area contributed by atoms with Gasteiger partial charge in [0.2, 0.25) is 0 Å². The molecule has 3 heterocycles. The summed E-state index contributed by atoms with van der Waals surface area (Å²) < 4.78 is 6.09. The summed E-state index contributed by atoms with van der Waals surface area (Å²) in [6.45, 7) is 4.60. The first kappa shape index (κ1) is 13.6. The van der Waals surface area contributed by atoms with Crippen molar-refractivity contribution in [2.45, 2.75) is 38.2 Å². The Bertz CT molecular complexity index is 477. The normalized spacial score (nSPS) is 29.9. The van der Waals surface area contributed by atoms with Crippen LogP contribution < -0.4 is 0 Å². The molecule has 4 heteroatoms. The highest BCUT2D eigenvalue weighted by Gasteiger charge is 2.44. The van der Waals surface area contributed by atoms with Crippen molar-refractivity contribution in [3.8, 4) is 0 Å². The van der Waals surface area contributed by atoms with Crippen molar-refractivity contribution in [2.24, 2.45) is 5.92 Å². The van der Waals surface area contributed by atoms with Crippen LogP contribution in [0.5, 0.6) is 0 Å². The molecule has 1 spiro atoms. The molecule has 4 nitrogen and oxygen atoms in total. The lowest BCUT2D eigenvalue weighted by Gasteiger charge is -2.39. The van der Waals surface area contributed by atoms with E-state index in [9.17, 15) is 4.79 Å². The zero-order chi connectivity index (χ0) is 14.0. The number of pyridine rings is 1. The number of carbonyl (C=O) groups excluding carboxylic acids is 1. The quantitative estimate of drug-likeness (QED) is 0.832. The Morgan fingerprint density at radius 1 is 1.55 bits per heavy atom. The molecular weight excluding hydrogens is 252 g/mol. The van der Waals surface area contributed by atoms with Crippen LogP contribution in [0.2, 0.25) is 0 Å². The summed E-state index contributed by atoms with van der Waals surface area (Å²) in [6.07, 6.45) is 6.03. The van der Waals surface area contributed by atoms with Gasteiger partial charge in [0, 0.05) is 12.7 Å². The van der Waals surface area contributed by atoms with Crippen LogP contribution in [0.4, 0.5) is 0 Å². The fourth-order valence-corrected chi connectivity index (χ4v) is 3.41. The van der Waals surface area contributed by atoms with E-state index < -0.39 is 0 Å². The van der Waals surface area contributed by atoms with Crippen molar-refractivity contribution in [1.29, 1.82) is 0 Å². The molecule has 2 fully saturated rings. The zero-order valence-electron chi connectivity index (χ0n) is 12.0. The van der Waals surface area contributed by atoms with Crippen LogP contribution in [0.15, 0.2) is 24.4 Å². The highest BCUT2D eigenvalue weighted by atomic mass is 16.5. The van der Waals surface area contributed by atoms with Crippen LogP contribution in [0.25, 0.3) is 0 Å². The maximum absolute atomic E-state index is 12.5. The Hall–Kier alpha value is -1.42. The number of hydrogen-bond acceptors (Lipinski definition) is 3. The number of amides is 1. The van der Waals surface area contributed by atoms with E-state index in [4.69, 9.17) is 4.74 Å². The predicted octanol–water partition coefficient (Wildman–Crippen LogP) is 2.50. The Labute approximate surface area is 120 Å². The smallest absolute Gasteiger partial charge is 0.272 e. The van der Waals surface area contributed by atoms with Crippen molar-refractivity contribution in [1.82, 2.24) is 9.88 Å². The van der Waals surface area contributed by atoms with E-state index >= 15 is 0 Å². The minimum atomic E-state index is -0.0939. The van der Waals surface area contributed by atoms with Gasteiger partial charge in [0.25, 0.3) is 5.91 Å². The van der Waals surface area contributed by atoms with Crippen molar-refractivity contribution < 1.29 is 9.53 Å². The van der Waals surface area contributed by atoms with E-state index in [1.807, 2.05) is 17.0 Å². The van der Waals surface area contributed by atoms with Crippen molar-refractivity contribution in [2.75, 3.05) is 19.7 Å². The molecule has 0 saturated carbocycles. The molecular formula is C16H22N2O2. The average Bonchev–Trinajstić information content (AvgIpc) is 2.90. The van der Waals surface area contributed by atoms with Gasteiger partial charge < -0.3 is 9.64 Å². The summed E-state index contributed by atoms with van der Waals surface area (Å²) in [5, 5.41) is 0. The lowest BCUT2D eigenvalue weighted by atomic mass is 9.86. The zero-order valence-corrected chi connectivity index (χ0v) is 12.0. The van der Waals surface area contributed by atoms with Gasteiger partial charge in [-0.1, -0.05) is 19.4 Å². The molecule has 1 aromatic heterocycles. The summed E-state index contributed by atoms with van der Waals surface area (Å²) in [6, 6.07) is 5.48. The fourth-order valence-electron chi connectivity index (χ4n) is 3.41. The second-order valence-corrected chi connectivity index (χ2v) is 6.02. The van der Waals surface area contributed by atoms with E-state index in [0.29, 0.717) is 11.6 Å². The molecule has 0 radical (unpaired) electrons. The van der Waals surface area contributed by atoms with Crippen molar-refractivity contribution in [3.05, 3.63) is 30.1 Å². The van der Waals surface area contributed by atoms with Gasteiger partial charge in [0.05, 0.1) is 18.8 Å². The third-order valence-electron chi connectivity index (χ3n) is 4.57. The van der Waals surface area contributed by atoms with E-state index in [1.54, 1.807) is 12.3 Å². The molecule has 0 aromatic carbocycles. The largest absolute Gasteiger partial charge is 0.373 e. The van der Waals surface area contributed by atoms with Crippen LogP contribution in [-0.2, 0) is 4.74 Å². The highest BCUT2D eigenvalue weighted by Crippen LogP contribution is 2.38. The SMILES string of the molecule is CCC1COC2(CCCN(C(=O)c3ccccn3)C2)C1. The van der Waals surface area contributed by atoms with Crippen LogP contribution in [0.1, 0.15) is 43.1 Å². The number of nitrogens with zero attached hydrogens (tertiary/aromatic N) is 2. The molecule has 2 unspecified atom stereocenters. The topological polar surface area (TPSA) is 42.4 Å². The maximum Gasteiger partial charge on any atom is 0.272 e. The van der Waals surface area contributed by atoms with Gasteiger partial charge in [-0.3, -0.25) is 9.78 Å². The first-order valence-electron chi connectivity index (χ1n) is 7.57. The number of ether oxygens (including phenoxy) is 1. The van der Waals surface area contributed by atoms with Gasteiger partial charge in [-0.25, -0.2) is 0 Å². The number of carbonyl (C=O) groups is 1.